The number of sulfonamides is 2. The topological polar surface area (TPSA) is 74.8 Å². The van der Waals surface area contributed by atoms with Crippen molar-refractivity contribution in [2.45, 2.75) is 46.6 Å². The Hall–Kier alpha value is -3.60. The van der Waals surface area contributed by atoms with Crippen LogP contribution < -0.4 is 0 Å². The van der Waals surface area contributed by atoms with Crippen molar-refractivity contribution in [2.75, 3.05) is 0 Å². The van der Waals surface area contributed by atoms with Crippen molar-refractivity contribution in [3.05, 3.63) is 130 Å². The van der Waals surface area contributed by atoms with Crippen LogP contribution in [0.4, 0.5) is 52.7 Å². The Morgan fingerprint density at radius 1 is 0.462 bits per heavy atom. The molecule has 4 aromatic rings. The van der Waals surface area contributed by atoms with Gasteiger partial charge in [-0.3, -0.25) is 0 Å². The molecule has 6 nitrogen and oxygen atoms in total. The maximum Gasteiger partial charge on any atom is 0.420 e. The fourth-order valence-electron chi connectivity index (χ4n) is 5.54. The lowest BCUT2D eigenvalue weighted by molar-refractivity contribution is -0.145. The lowest BCUT2D eigenvalue weighted by Crippen LogP contribution is -2.45. The van der Waals surface area contributed by atoms with Crippen LogP contribution in [-0.2, 0) is 44.8 Å². The van der Waals surface area contributed by atoms with Gasteiger partial charge in [-0.15, -0.1) is 15.8 Å². The van der Waals surface area contributed by atoms with E-state index in [0.717, 1.165) is 0 Å². The molecule has 1 aliphatic rings. The van der Waals surface area contributed by atoms with Crippen molar-refractivity contribution in [2.24, 2.45) is 0 Å². The molecule has 278 valence electrons. The van der Waals surface area contributed by atoms with E-state index in [-0.39, 0.29) is 56.0 Å². The summed E-state index contributed by atoms with van der Waals surface area (Å²) >= 11 is 2.85. The number of hydrogen-bond donors (Lipinski definition) is 0. The molecular weight excluding hydrogens is 835 g/mol. The van der Waals surface area contributed by atoms with Crippen molar-refractivity contribution in [1.82, 2.24) is 8.43 Å². The molecule has 1 fully saturated rings. The molecule has 0 aliphatic carbocycles. The van der Waals surface area contributed by atoms with Crippen LogP contribution in [0.25, 0.3) is 0 Å². The van der Waals surface area contributed by atoms with Gasteiger partial charge in [0.1, 0.15) is 0 Å². The maximum atomic E-state index is 14.4. The molecule has 5 rings (SSSR count). The minimum Gasteiger partial charge on any atom is -0.208 e. The van der Waals surface area contributed by atoms with Gasteiger partial charge in [0.15, 0.2) is 0 Å². The van der Waals surface area contributed by atoms with Crippen molar-refractivity contribution in [3.63, 3.8) is 0 Å². The van der Waals surface area contributed by atoms with E-state index in [0.29, 0.717) is 0 Å². The fourth-order valence-corrected chi connectivity index (χ4v) is 10.7. The fraction of sp³-hybridized carbons (Fsp3) is 0.200. The molecule has 0 saturated carbocycles. The SMILES string of the molecule is O=S(=O)(c1cc(C(F)(F)F)cc(C(F)(F)F)c1)N1B(Br)N(S(=O)(=O)c2cc(C(F)(F)F)cc(C(F)(F)F)c2)[C@H](c2ccccc2)[C@H]1c1ccccc1. The summed E-state index contributed by atoms with van der Waals surface area (Å²) in [5, 5.41) is 0. The van der Waals surface area contributed by atoms with Crippen molar-refractivity contribution >= 4 is 41.6 Å². The minimum atomic E-state index is -5.71. The van der Waals surface area contributed by atoms with Crippen molar-refractivity contribution in [1.29, 1.82) is 0 Å². The summed E-state index contributed by atoms with van der Waals surface area (Å²) in [6, 6.07) is 7.97. The Morgan fingerprint density at radius 2 is 0.712 bits per heavy atom. The quantitative estimate of drug-likeness (QED) is 0.143. The number of halogens is 13. The summed E-state index contributed by atoms with van der Waals surface area (Å²) in [5.41, 5.74) is -8.42. The summed E-state index contributed by atoms with van der Waals surface area (Å²) in [6.45, 7) is 0. The molecule has 22 heteroatoms. The van der Waals surface area contributed by atoms with Gasteiger partial charge in [0.05, 0.1) is 44.1 Å². The first-order chi connectivity index (χ1) is 23.8. The minimum absolute atomic E-state index is 0.120. The summed E-state index contributed by atoms with van der Waals surface area (Å²) in [4.78, 5) is -3.21. The third-order valence-corrected chi connectivity index (χ3v) is 12.9. The summed E-state index contributed by atoms with van der Waals surface area (Å²) in [5.74, 6) is -2.38. The molecule has 0 radical (unpaired) electrons. The number of alkyl halides is 12. The molecule has 2 atom stereocenters. The van der Waals surface area contributed by atoms with Gasteiger partial charge in [-0.2, -0.15) is 61.1 Å². The van der Waals surface area contributed by atoms with Gasteiger partial charge in [0.2, 0.25) is 20.0 Å². The highest BCUT2D eigenvalue weighted by molar-refractivity contribution is 9.24. The summed E-state index contributed by atoms with van der Waals surface area (Å²) < 4.78 is 224. The average molecular weight is 853 g/mol. The third kappa shape index (κ3) is 7.57. The molecule has 0 aromatic heterocycles. The first kappa shape index (κ1) is 39.6. The molecular formula is C30H18BBrF12N2O4S2. The first-order valence-electron chi connectivity index (χ1n) is 14.2. The van der Waals surface area contributed by atoms with Crippen molar-refractivity contribution < 1.29 is 69.5 Å². The highest BCUT2D eigenvalue weighted by atomic mass is 79.9. The molecule has 1 saturated heterocycles. The van der Waals surface area contributed by atoms with E-state index in [1.165, 1.54) is 60.7 Å². The summed E-state index contributed by atoms with van der Waals surface area (Å²) in [6.07, 6.45) is -22.1. The maximum absolute atomic E-state index is 14.4. The molecule has 1 heterocycles. The zero-order chi connectivity index (χ0) is 38.8. The Kier molecular flexibility index (Phi) is 10.2. The zero-order valence-corrected chi connectivity index (χ0v) is 28.4. The van der Waals surface area contributed by atoms with Crippen LogP contribution in [-0.4, -0.2) is 31.1 Å². The predicted molar refractivity (Wildman–Crippen MR) is 164 cm³/mol. The standard InChI is InChI=1S/C30H18BBrF12N2O4S2/c32-31-45(51(47,48)23-13-19(27(33,34)35)11-20(14-23)28(36,37)38)25(17-7-3-1-4-8-17)26(18-9-5-2-6-10-18)46(31)52(49,50)24-15-21(29(39,40)41)12-22(16-24)30(42,43)44/h1-16,25-26H/t25-,26-/m1/s1. The smallest absolute Gasteiger partial charge is 0.208 e. The van der Waals surface area contributed by atoms with Gasteiger partial charge in [-0.05, 0) is 47.5 Å². The first-order valence-corrected chi connectivity index (χ1v) is 18.0. The predicted octanol–water partition coefficient (Wildman–Crippen LogP) is 9.32. The highest BCUT2D eigenvalue weighted by Gasteiger charge is 2.60. The van der Waals surface area contributed by atoms with Crippen molar-refractivity contribution in [3.8, 4) is 0 Å². The van der Waals surface area contributed by atoms with E-state index >= 15 is 0 Å². The highest BCUT2D eigenvalue weighted by Crippen LogP contribution is 2.53. The number of benzene rings is 4. The van der Waals surface area contributed by atoms with Crippen LogP contribution in [0, 0.1) is 0 Å². The lowest BCUT2D eigenvalue weighted by Gasteiger charge is -2.30. The largest absolute Gasteiger partial charge is 0.420 e. The number of nitrogens with zero attached hydrogens (tertiary/aromatic N) is 2. The van der Waals surface area contributed by atoms with Gasteiger partial charge in [-0.1, -0.05) is 60.7 Å². The van der Waals surface area contributed by atoms with Gasteiger partial charge >= 0.3 is 30.5 Å². The third-order valence-electron chi connectivity index (χ3n) is 7.82. The van der Waals surface area contributed by atoms with E-state index < -0.39 is 94.7 Å². The van der Waals surface area contributed by atoms with E-state index in [2.05, 4.69) is 15.8 Å². The number of rotatable bonds is 6. The Bertz CT molecular complexity index is 1960. The molecule has 4 aromatic carbocycles. The van der Waals surface area contributed by atoms with E-state index in [9.17, 15) is 69.5 Å². The normalized spacial score (nSPS) is 18.6. The monoisotopic (exact) mass is 852 g/mol. The Morgan fingerprint density at radius 3 is 0.942 bits per heavy atom. The second-order valence-electron chi connectivity index (χ2n) is 11.2. The van der Waals surface area contributed by atoms with Crippen LogP contribution in [0.5, 0.6) is 0 Å². The molecule has 0 N–H and O–H groups in total. The Labute approximate surface area is 295 Å². The molecule has 52 heavy (non-hydrogen) atoms. The molecule has 0 spiro atoms. The van der Waals surface area contributed by atoms with Gasteiger partial charge in [0, 0.05) is 0 Å². The van der Waals surface area contributed by atoms with Crippen LogP contribution in [0.2, 0.25) is 0 Å². The van der Waals surface area contributed by atoms with Crippen LogP contribution in [0.1, 0.15) is 45.5 Å². The molecule has 1 aliphatic heterocycles. The molecule has 0 amide bonds. The summed E-state index contributed by atoms with van der Waals surface area (Å²) in [7, 11) is -11.4. The van der Waals surface area contributed by atoms with Gasteiger partial charge in [-0.25, -0.2) is 16.8 Å². The van der Waals surface area contributed by atoms with Crippen LogP contribution in [0.15, 0.2) is 107 Å². The van der Waals surface area contributed by atoms with Gasteiger partial charge < -0.3 is 0 Å². The van der Waals surface area contributed by atoms with E-state index in [4.69, 9.17) is 0 Å². The zero-order valence-electron chi connectivity index (χ0n) is 25.2. The Balaban J connectivity index is 1.85. The van der Waals surface area contributed by atoms with Crippen LogP contribution in [0.3, 0.4) is 0 Å². The van der Waals surface area contributed by atoms with Gasteiger partial charge in [0.25, 0.3) is 0 Å². The second-order valence-corrected chi connectivity index (χ2v) is 15.7. The average Bonchev–Trinajstić information content (AvgIpc) is 3.37. The second kappa shape index (κ2) is 13.4. The van der Waals surface area contributed by atoms with Crippen LogP contribution >= 0.6 is 15.8 Å². The van der Waals surface area contributed by atoms with E-state index in [1.54, 1.807) is 0 Å². The van der Waals surface area contributed by atoms with E-state index in [1.807, 2.05) is 0 Å². The molecule has 0 unspecified atom stereocenters. The number of hydrogen-bond acceptors (Lipinski definition) is 4. The lowest BCUT2D eigenvalue weighted by atomic mass is 9.95. The molecule has 0 bridgehead atoms.